The number of allylic oxidation sites excluding steroid dienone is 2. The van der Waals surface area contributed by atoms with Gasteiger partial charge in [0.15, 0.2) is 0 Å². The summed E-state index contributed by atoms with van der Waals surface area (Å²) >= 11 is 13.6. The van der Waals surface area contributed by atoms with Crippen molar-refractivity contribution in [3.8, 4) is 12.3 Å². The van der Waals surface area contributed by atoms with E-state index >= 15 is 0 Å². The molecule has 4 atom stereocenters. The van der Waals surface area contributed by atoms with Crippen LogP contribution < -0.4 is 0 Å². The zero-order chi connectivity index (χ0) is 14.3. The first-order valence-corrected chi connectivity index (χ1v) is 8.62. The van der Waals surface area contributed by atoms with E-state index in [0.717, 1.165) is 25.7 Å². The largest absolute Gasteiger partial charge is 0.372 e. The lowest BCUT2D eigenvalue weighted by Gasteiger charge is -2.36. The van der Waals surface area contributed by atoms with Crippen LogP contribution in [0.1, 0.15) is 32.6 Å². The number of ether oxygens (including phenoxy) is 1. The Balaban J connectivity index is 2.57. The number of terminal acetylenes is 1. The van der Waals surface area contributed by atoms with Crippen LogP contribution in [0.25, 0.3) is 0 Å². The Morgan fingerprint density at radius 3 is 2.84 bits per heavy atom. The number of halogens is 3. The van der Waals surface area contributed by atoms with Crippen molar-refractivity contribution in [2.45, 2.75) is 55.0 Å². The SMILES string of the molecule is C#C/C=C/C[C@@H]1O[C@H](C/C=C(/Br)CC)[C@H](Br)C[C@@H]1Cl. The summed E-state index contributed by atoms with van der Waals surface area (Å²) in [4.78, 5) is 0.302. The second-order valence-electron chi connectivity index (χ2n) is 4.53. The molecule has 0 aromatic heterocycles. The van der Waals surface area contributed by atoms with E-state index in [1.807, 2.05) is 6.08 Å². The highest BCUT2D eigenvalue weighted by molar-refractivity contribution is 9.11. The summed E-state index contributed by atoms with van der Waals surface area (Å²) in [6, 6.07) is 0. The van der Waals surface area contributed by atoms with Crippen LogP contribution in [0.5, 0.6) is 0 Å². The Labute approximate surface area is 138 Å². The van der Waals surface area contributed by atoms with Gasteiger partial charge < -0.3 is 4.74 Å². The molecule has 1 nitrogen and oxygen atoms in total. The Hall–Kier alpha value is 0.250. The van der Waals surface area contributed by atoms with Crippen molar-refractivity contribution < 1.29 is 4.74 Å². The fourth-order valence-electron chi connectivity index (χ4n) is 1.98. The van der Waals surface area contributed by atoms with Crippen molar-refractivity contribution in [1.29, 1.82) is 0 Å². The van der Waals surface area contributed by atoms with E-state index in [4.69, 9.17) is 22.8 Å². The van der Waals surface area contributed by atoms with Gasteiger partial charge in [0.2, 0.25) is 0 Å². The van der Waals surface area contributed by atoms with Crippen molar-refractivity contribution >= 4 is 43.5 Å². The Bertz CT molecular complexity index is 373. The molecule has 0 spiro atoms. The maximum Gasteiger partial charge on any atom is 0.0778 e. The minimum Gasteiger partial charge on any atom is -0.372 e. The van der Waals surface area contributed by atoms with Crippen molar-refractivity contribution in [3.63, 3.8) is 0 Å². The first-order valence-electron chi connectivity index (χ1n) is 6.47. The molecule has 106 valence electrons. The second-order valence-corrected chi connectivity index (χ2v) is 7.28. The van der Waals surface area contributed by atoms with Gasteiger partial charge in [0.25, 0.3) is 0 Å². The van der Waals surface area contributed by atoms with Gasteiger partial charge in [-0.25, -0.2) is 0 Å². The smallest absolute Gasteiger partial charge is 0.0778 e. The maximum absolute atomic E-state index is 6.35. The number of hydrogen-bond donors (Lipinski definition) is 0. The summed E-state index contributed by atoms with van der Waals surface area (Å²) in [5.41, 5.74) is 0. The molecule has 19 heavy (non-hydrogen) atoms. The van der Waals surface area contributed by atoms with E-state index in [1.54, 1.807) is 6.08 Å². The summed E-state index contributed by atoms with van der Waals surface area (Å²) in [7, 11) is 0. The third kappa shape index (κ3) is 6.04. The molecular formula is C15H19Br2ClO. The fraction of sp³-hybridized carbons (Fsp3) is 0.600. The van der Waals surface area contributed by atoms with E-state index in [2.05, 4.69) is 50.8 Å². The van der Waals surface area contributed by atoms with Gasteiger partial charge in [-0.1, -0.05) is 56.9 Å². The van der Waals surface area contributed by atoms with E-state index in [9.17, 15) is 0 Å². The van der Waals surface area contributed by atoms with E-state index in [1.165, 1.54) is 4.48 Å². The molecule has 0 aromatic rings. The molecule has 0 N–H and O–H groups in total. The third-order valence-corrected chi connectivity index (χ3v) is 5.41. The van der Waals surface area contributed by atoms with E-state index < -0.39 is 0 Å². The predicted octanol–water partition coefficient (Wildman–Crippen LogP) is 5.17. The van der Waals surface area contributed by atoms with Crippen LogP contribution in [0.4, 0.5) is 0 Å². The second kappa shape index (κ2) is 9.23. The van der Waals surface area contributed by atoms with E-state index in [-0.39, 0.29) is 17.6 Å². The Kier molecular flexibility index (Phi) is 8.41. The topological polar surface area (TPSA) is 9.23 Å². The van der Waals surface area contributed by atoms with Crippen molar-refractivity contribution in [2.75, 3.05) is 0 Å². The number of alkyl halides is 2. The minimum atomic E-state index is 0.0293. The van der Waals surface area contributed by atoms with Crippen LogP contribution in [0, 0.1) is 12.3 Å². The molecule has 0 aromatic carbocycles. The van der Waals surface area contributed by atoms with Gasteiger partial charge in [-0.05, 0) is 36.2 Å². The average Bonchev–Trinajstić information content (AvgIpc) is 2.39. The van der Waals surface area contributed by atoms with Crippen LogP contribution >= 0.6 is 43.5 Å². The highest BCUT2D eigenvalue weighted by Crippen LogP contribution is 2.33. The predicted molar refractivity (Wildman–Crippen MR) is 90.1 cm³/mol. The van der Waals surface area contributed by atoms with Crippen molar-refractivity contribution in [3.05, 3.63) is 22.7 Å². The summed E-state index contributed by atoms with van der Waals surface area (Å²) in [6.45, 7) is 2.12. The van der Waals surface area contributed by atoms with Gasteiger partial charge in [0.1, 0.15) is 0 Å². The molecule has 0 bridgehead atoms. The first kappa shape index (κ1) is 17.3. The van der Waals surface area contributed by atoms with Crippen LogP contribution in [-0.2, 0) is 4.74 Å². The molecule has 1 rings (SSSR count). The van der Waals surface area contributed by atoms with Gasteiger partial charge in [-0.2, -0.15) is 0 Å². The zero-order valence-electron chi connectivity index (χ0n) is 11.0. The first-order chi connectivity index (χ1) is 9.08. The highest BCUT2D eigenvalue weighted by Gasteiger charge is 2.34. The summed E-state index contributed by atoms with van der Waals surface area (Å²) in [5.74, 6) is 2.49. The summed E-state index contributed by atoms with van der Waals surface area (Å²) in [6.07, 6.45) is 14.8. The standard InChI is InChI=1S/C15H19Br2ClO/c1-3-5-6-7-15-13(18)10-12(17)14(19-15)9-8-11(16)4-2/h1,5-6,8,12-15H,4,7,9-10H2,2H3/b6-5+,11-8+/t12-,13+,14-,15+/m1/s1. The molecule has 0 aliphatic carbocycles. The molecule has 0 radical (unpaired) electrons. The fourth-order valence-corrected chi connectivity index (χ4v) is 3.48. The summed E-state index contributed by atoms with van der Waals surface area (Å²) < 4.78 is 7.30. The molecule has 1 saturated heterocycles. The number of hydrogen-bond acceptors (Lipinski definition) is 1. The summed E-state index contributed by atoms with van der Waals surface area (Å²) in [5, 5.41) is 0.0293. The lowest BCUT2D eigenvalue weighted by Crippen LogP contribution is -2.42. The van der Waals surface area contributed by atoms with E-state index in [0.29, 0.717) is 4.83 Å². The van der Waals surface area contributed by atoms with Gasteiger partial charge in [-0.3, -0.25) is 0 Å². The van der Waals surface area contributed by atoms with Crippen LogP contribution in [0.3, 0.4) is 0 Å². The molecular weight excluding hydrogens is 391 g/mol. The molecule has 1 fully saturated rings. The zero-order valence-corrected chi connectivity index (χ0v) is 14.9. The molecule has 0 unspecified atom stereocenters. The lowest BCUT2D eigenvalue weighted by atomic mass is 9.99. The molecule has 1 aliphatic heterocycles. The Morgan fingerprint density at radius 1 is 1.47 bits per heavy atom. The van der Waals surface area contributed by atoms with Gasteiger partial charge in [-0.15, -0.1) is 18.0 Å². The van der Waals surface area contributed by atoms with Crippen molar-refractivity contribution in [1.82, 2.24) is 0 Å². The molecule has 0 saturated carbocycles. The third-order valence-electron chi connectivity index (χ3n) is 3.10. The van der Waals surface area contributed by atoms with Crippen LogP contribution in [-0.4, -0.2) is 22.4 Å². The van der Waals surface area contributed by atoms with Gasteiger partial charge >= 0.3 is 0 Å². The molecule has 0 amide bonds. The monoisotopic (exact) mass is 408 g/mol. The highest BCUT2D eigenvalue weighted by atomic mass is 79.9. The molecule has 1 heterocycles. The quantitative estimate of drug-likeness (QED) is 0.449. The maximum atomic E-state index is 6.35. The van der Waals surface area contributed by atoms with Gasteiger partial charge in [0, 0.05) is 4.83 Å². The molecule has 4 heteroatoms. The van der Waals surface area contributed by atoms with Crippen LogP contribution in [0.15, 0.2) is 22.7 Å². The van der Waals surface area contributed by atoms with Gasteiger partial charge in [0.05, 0.1) is 17.6 Å². The minimum absolute atomic E-state index is 0.0293. The number of rotatable bonds is 5. The average molecular weight is 411 g/mol. The molecule has 1 aliphatic rings. The lowest BCUT2D eigenvalue weighted by molar-refractivity contribution is -0.0370. The Morgan fingerprint density at radius 2 is 2.21 bits per heavy atom. The van der Waals surface area contributed by atoms with Crippen molar-refractivity contribution in [2.24, 2.45) is 0 Å². The normalized spacial score (nSPS) is 32.5. The van der Waals surface area contributed by atoms with Crippen LogP contribution in [0.2, 0.25) is 0 Å².